The van der Waals surface area contributed by atoms with Crippen molar-refractivity contribution in [2.75, 3.05) is 13.7 Å². The Morgan fingerprint density at radius 3 is 2.42 bits per heavy atom. The summed E-state index contributed by atoms with van der Waals surface area (Å²) < 4.78 is 46.1. The summed E-state index contributed by atoms with van der Waals surface area (Å²) in [4.78, 5) is 11.4. The highest BCUT2D eigenvalue weighted by Crippen LogP contribution is 2.24. The first-order valence-corrected chi connectivity index (χ1v) is 7.64. The zero-order valence-corrected chi connectivity index (χ0v) is 13.8. The van der Waals surface area contributed by atoms with Gasteiger partial charge in [0.05, 0.1) is 26.1 Å². The zero-order chi connectivity index (χ0) is 18.0. The van der Waals surface area contributed by atoms with E-state index in [9.17, 15) is 18.0 Å². The SMILES string of the molecule is CC#C[C@@H](CC(=O)OC)c1ccc(OCCCCC(F)(F)F)cc1. The Hall–Kier alpha value is -2.16. The van der Waals surface area contributed by atoms with E-state index in [2.05, 4.69) is 16.6 Å². The summed E-state index contributed by atoms with van der Waals surface area (Å²) in [6.45, 7) is 1.93. The average molecular weight is 342 g/mol. The minimum atomic E-state index is -4.11. The van der Waals surface area contributed by atoms with Crippen LogP contribution < -0.4 is 4.74 Å². The second-order valence-electron chi connectivity index (χ2n) is 5.22. The fraction of sp³-hybridized carbons (Fsp3) is 0.500. The molecule has 24 heavy (non-hydrogen) atoms. The fourth-order valence-corrected chi connectivity index (χ4v) is 2.09. The maximum Gasteiger partial charge on any atom is 0.389 e. The third kappa shape index (κ3) is 7.91. The summed E-state index contributed by atoms with van der Waals surface area (Å²) in [5.74, 6) is 5.72. The number of carbonyl (C=O) groups excluding carboxylic acids is 1. The van der Waals surface area contributed by atoms with E-state index in [1.165, 1.54) is 7.11 Å². The number of esters is 1. The molecule has 132 valence electrons. The Kier molecular flexibility index (Phi) is 8.17. The van der Waals surface area contributed by atoms with E-state index >= 15 is 0 Å². The lowest BCUT2D eigenvalue weighted by atomic mass is 9.96. The van der Waals surface area contributed by atoms with E-state index in [4.69, 9.17) is 4.74 Å². The van der Waals surface area contributed by atoms with Gasteiger partial charge in [-0.15, -0.1) is 5.92 Å². The Morgan fingerprint density at radius 2 is 1.88 bits per heavy atom. The number of rotatable bonds is 8. The number of hydrogen-bond acceptors (Lipinski definition) is 3. The number of carbonyl (C=O) groups is 1. The summed E-state index contributed by atoms with van der Waals surface area (Å²) in [6.07, 6.45) is -4.35. The molecule has 1 rings (SSSR count). The van der Waals surface area contributed by atoms with Gasteiger partial charge < -0.3 is 9.47 Å². The molecule has 0 aliphatic rings. The lowest BCUT2D eigenvalue weighted by Gasteiger charge is -2.12. The van der Waals surface area contributed by atoms with Crippen LogP contribution >= 0.6 is 0 Å². The molecule has 0 radical (unpaired) electrons. The van der Waals surface area contributed by atoms with Crippen molar-refractivity contribution in [3.8, 4) is 17.6 Å². The van der Waals surface area contributed by atoms with Gasteiger partial charge in [-0.05, 0) is 37.5 Å². The van der Waals surface area contributed by atoms with Crippen molar-refractivity contribution in [3.05, 3.63) is 29.8 Å². The minimum Gasteiger partial charge on any atom is -0.494 e. The zero-order valence-electron chi connectivity index (χ0n) is 13.8. The number of methoxy groups -OCH3 is 1. The quantitative estimate of drug-likeness (QED) is 0.397. The lowest BCUT2D eigenvalue weighted by molar-refractivity contribution is -0.140. The van der Waals surface area contributed by atoms with Crippen LogP contribution in [0.3, 0.4) is 0 Å². The smallest absolute Gasteiger partial charge is 0.389 e. The van der Waals surface area contributed by atoms with Gasteiger partial charge in [-0.1, -0.05) is 18.1 Å². The van der Waals surface area contributed by atoms with Crippen LogP contribution in [0.5, 0.6) is 5.75 Å². The molecule has 0 N–H and O–H groups in total. The second kappa shape index (κ2) is 9.86. The number of unbranched alkanes of at least 4 members (excludes halogenated alkanes) is 1. The van der Waals surface area contributed by atoms with Crippen LogP contribution in [-0.4, -0.2) is 25.9 Å². The van der Waals surface area contributed by atoms with Gasteiger partial charge in [-0.25, -0.2) is 0 Å². The number of halogens is 3. The Balaban J connectivity index is 2.51. The van der Waals surface area contributed by atoms with E-state index in [0.29, 0.717) is 12.2 Å². The van der Waals surface area contributed by atoms with Crippen LogP contribution in [0.2, 0.25) is 0 Å². The van der Waals surface area contributed by atoms with E-state index in [1.807, 2.05) is 0 Å². The molecule has 3 nitrogen and oxygen atoms in total. The van der Waals surface area contributed by atoms with Gasteiger partial charge in [0.25, 0.3) is 0 Å². The average Bonchev–Trinajstić information content (AvgIpc) is 2.53. The molecule has 0 bridgehead atoms. The molecule has 0 amide bonds. The van der Waals surface area contributed by atoms with Crippen LogP contribution in [0.15, 0.2) is 24.3 Å². The molecule has 0 spiro atoms. The van der Waals surface area contributed by atoms with Crippen molar-refractivity contribution in [2.24, 2.45) is 0 Å². The topological polar surface area (TPSA) is 35.5 Å². The van der Waals surface area contributed by atoms with Gasteiger partial charge in [0.15, 0.2) is 0 Å². The predicted molar refractivity (Wildman–Crippen MR) is 84.7 cm³/mol. The van der Waals surface area contributed by atoms with Crippen LogP contribution in [0.25, 0.3) is 0 Å². The molecule has 0 aliphatic heterocycles. The summed E-state index contributed by atoms with van der Waals surface area (Å²) in [6, 6.07) is 7.04. The predicted octanol–water partition coefficient (Wildman–Crippen LogP) is 4.47. The number of alkyl halides is 3. The van der Waals surface area contributed by atoms with Crippen molar-refractivity contribution in [1.29, 1.82) is 0 Å². The molecule has 0 aromatic heterocycles. The highest BCUT2D eigenvalue weighted by atomic mass is 19.4. The Morgan fingerprint density at radius 1 is 1.21 bits per heavy atom. The number of ether oxygens (including phenoxy) is 2. The highest BCUT2D eigenvalue weighted by molar-refractivity contribution is 5.71. The molecule has 0 saturated carbocycles. The lowest BCUT2D eigenvalue weighted by Crippen LogP contribution is -2.08. The molecule has 0 aliphatic carbocycles. The van der Waals surface area contributed by atoms with Crippen LogP contribution in [0.4, 0.5) is 13.2 Å². The maximum absolute atomic E-state index is 12.0. The van der Waals surface area contributed by atoms with Gasteiger partial charge in [-0.2, -0.15) is 13.2 Å². The molecule has 0 fully saturated rings. The summed E-state index contributed by atoms with van der Waals surface area (Å²) in [7, 11) is 1.33. The Bertz CT molecular complexity index is 568. The highest BCUT2D eigenvalue weighted by Gasteiger charge is 2.25. The monoisotopic (exact) mass is 342 g/mol. The van der Waals surface area contributed by atoms with Crippen molar-refractivity contribution in [1.82, 2.24) is 0 Å². The van der Waals surface area contributed by atoms with E-state index in [0.717, 1.165) is 5.56 Å². The molecule has 0 unspecified atom stereocenters. The first kappa shape index (κ1) is 19.9. The summed E-state index contributed by atoms with van der Waals surface area (Å²) in [5, 5.41) is 0. The maximum atomic E-state index is 12.0. The van der Waals surface area contributed by atoms with Gasteiger partial charge in [0.2, 0.25) is 0 Å². The van der Waals surface area contributed by atoms with Crippen LogP contribution in [-0.2, 0) is 9.53 Å². The van der Waals surface area contributed by atoms with Crippen molar-refractivity contribution < 1.29 is 27.4 Å². The van der Waals surface area contributed by atoms with E-state index in [1.54, 1.807) is 31.2 Å². The van der Waals surface area contributed by atoms with E-state index < -0.39 is 12.6 Å². The van der Waals surface area contributed by atoms with Gasteiger partial charge in [-0.3, -0.25) is 4.79 Å². The summed E-state index contributed by atoms with van der Waals surface area (Å²) >= 11 is 0. The number of benzene rings is 1. The third-order valence-electron chi connectivity index (χ3n) is 3.32. The molecule has 6 heteroatoms. The van der Waals surface area contributed by atoms with E-state index in [-0.39, 0.29) is 31.3 Å². The van der Waals surface area contributed by atoms with Crippen LogP contribution in [0.1, 0.15) is 44.1 Å². The first-order chi connectivity index (χ1) is 11.4. The summed E-state index contributed by atoms with van der Waals surface area (Å²) in [5.41, 5.74) is 0.860. The van der Waals surface area contributed by atoms with Crippen LogP contribution in [0, 0.1) is 11.8 Å². The van der Waals surface area contributed by atoms with Crippen molar-refractivity contribution in [3.63, 3.8) is 0 Å². The van der Waals surface area contributed by atoms with Gasteiger partial charge in [0, 0.05) is 6.42 Å². The fourth-order valence-electron chi connectivity index (χ4n) is 2.09. The largest absolute Gasteiger partial charge is 0.494 e. The molecule has 1 aromatic carbocycles. The van der Waals surface area contributed by atoms with Gasteiger partial charge >= 0.3 is 12.1 Å². The standard InChI is InChI=1S/C18H21F3O3/c1-3-6-15(13-17(22)23-2)14-7-9-16(10-8-14)24-12-5-4-11-18(19,20)21/h7-10,15H,4-5,11-13H2,1-2H3/t15-/m0/s1. The first-order valence-electron chi connectivity index (χ1n) is 7.64. The molecular weight excluding hydrogens is 321 g/mol. The molecule has 0 heterocycles. The number of hydrogen-bond donors (Lipinski definition) is 0. The normalized spacial score (nSPS) is 12.0. The van der Waals surface area contributed by atoms with Crippen molar-refractivity contribution in [2.45, 2.75) is 44.7 Å². The minimum absolute atomic E-state index is 0.0505. The van der Waals surface area contributed by atoms with Crippen molar-refractivity contribution >= 4 is 5.97 Å². The second-order valence-corrected chi connectivity index (χ2v) is 5.22. The van der Waals surface area contributed by atoms with Gasteiger partial charge in [0.1, 0.15) is 5.75 Å². The molecule has 1 atom stereocenters. The molecular formula is C18H21F3O3. The molecule has 0 saturated heterocycles. The Labute approximate surface area is 140 Å². The third-order valence-corrected chi connectivity index (χ3v) is 3.32. The molecule has 1 aromatic rings.